The Morgan fingerprint density at radius 1 is 1.05 bits per heavy atom. The van der Waals surface area contributed by atoms with Crippen LogP contribution in [0.3, 0.4) is 0 Å². The third-order valence-electron chi connectivity index (χ3n) is 6.56. The minimum Gasteiger partial charge on any atom is -0.268 e. The first-order valence-electron chi connectivity index (χ1n) is 12.8. The van der Waals surface area contributed by atoms with Gasteiger partial charge in [-0.25, -0.2) is 14.5 Å². The van der Waals surface area contributed by atoms with Crippen LogP contribution in [0.4, 0.5) is 13.2 Å². The summed E-state index contributed by atoms with van der Waals surface area (Å²) in [6, 6.07) is 12.0. The van der Waals surface area contributed by atoms with E-state index >= 15 is 0 Å². The highest BCUT2D eigenvalue weighted by Crippen LogP contribution is 2.32. The molecule has 0 unspecified atom stereocenters. The topological polar surface area (TPSA) is 115 Å². The van der Waals surface area contributed by atoms with Crippen molar-refractivity contribution in [3.63, 3.8) is 0 Å². The molecule has 41 heavy (non-hydrogen) atoms. The zero-order valence-corrected chi connectivity index (χ0v) is 22.8. The van der Waals surface area contributed by atoms with Crippen molar-refractivity contribution in [1.82, 2.24) is 40.1 Å². The van der Waals surface area contributed by atoms with Gasteiger partial charge in [-0.1, -0.05) is 55.3 Å². The number of H-pyrrole nitrogens is 1. The highest BCUT2D eigenvalue weighted by atomic mass is 35.5. The van der Waals surface area contributed by atoms with Gasteiger partial charge in [-0.15, -0.1) is 10.2 Å². The molecule has 0 aliphatic rings. The predicted molar refractivity (Wildman–Crippen MR) is 147 cm³/mol. The molecule has 0 fully saturated rings. The number of hydrogen-bond donors (Lipinski definition) is 1. The molecule has 210 valence electrons. The van der Waals surface area contributed by atoms with Gasteiger partial charge in [0.05, 0.1) is 16.3 Å². The number of pyridine rings is 2. The highest BCUT2D eigenvalue weighted by Gasteiger charge is 2.32. The lowest BCUT2D eigenvalue weighted by Gasteiger charge is -2.16. The quantitative estimate of drug-likeness (QED) is 0.247. The van der Waals surface area contributed by atoms with Gasteiger partial charge >= 0.3 is 6.18 Å². The molecule has 4 heterocycles. The lowest BCUT2D eigenvalue weighted by Crippen LogP contribution is -2.29. The van der Waals surface area contributed by atoms with E-state index in [0.29, 0.717) is 35.4 Å². The van der Waals surface area contributed by atoms with Crippen LogP contribution in [0, 0.1) is 6.92 Å². The lowest BCUT2D eigenvalue weighted by atomic mass is 9.99. The highest BCUT2D eigenvalue weighted by molar-refractivity contribution is 6.32. The van der Waals surface area contributed by atoms with Crippen LogP contribution >= 0.6 is 11.6 Å². The van der Waals surface area contributed by atoms with Crippen LogP contribution in [-0.4, -0.2) is 40.1 Å². The molecule has 5 rings (SSSR count). The molecule has 0 radical (unpaired) electrons. The fourth-order valence-electron chi connectivity index (χ4n) is 4.52. The molecule has 0 aliphatic carbocycles. The summed E-state index contributed by atoms with van der Waals surface area (Å²) in [5, 5.41) is 13.9. The van der Waals surface area contributed by atoms with Gasteiger partial charge in [0, 0.05) is 41.2 Å². The molecular formula is C28H24ClF3N8O. The number of nitrogens with zero attached hydrogens (tertiary/aromatic N) is 7. The van der Waals surface area contributed by atoms with Gasteiger partial charge < -0.3 is 0 Å². The van der Waals surface area contributed by atoms with E-state index in [2.05, 4.69) is 35.6 Å². The third kappa shape index (κ3) is 5.87. The van der Waals surface area contributed by atoms with Crippen molar-refractivity contribution in [2.45, 2.75) is 45.7 Å². The van der Waals surface area contributed by atoms with Gasteiger partial charge in [-0.3, -0.25) is 9.78 Å². The smallest absolute Gasteiger partial charge is 0.268 e. The second-order valence-electron chi connectivity index (χ2n) is 9.35. The maximum Gasteiger partial charge on any atom is 0.417 e. The van der Waals surface area contributed by atoms with Crippen molar-refractivity contribution in [2.75, 3.05) is 0 Å². The van der Waals surface area contributed by atoms with E-state index in [4.69, 9.17) is 11.6 Å². The largest absolute Gasteiger partial charge is 0.417 e. The van der Waals surface area contributed by atoms with Gasteiger partial charge in [-0.2, -0.15) is 18.4 Å². The Kier molecular flexibility index (Phi) is 7.93. The summed E-state index contributed by atoms with van der Waals surface area (Å²) < 4.78 is 40.7. The van der Waals surface area contributed by atoms with Gasteiger partial charge in [0.2, 0.25) is 5.82 Å². The number of hydrogen-bond acceptors (Lipinski definition) is 7. The summed E-state index contributed by atoms with van der Waals surface area (Å²) in [7, 11) is 0. The number of halogens is 4. The summed E-state index contributed by atoms with van der Waals surface area (Å²) in [6.07, 6.45) is 0.165. The normalized spacial score (nSPS) is 11.7. The fraction of sp³-hybridized carbons (Fsp3) is 0.250. The first-order chi connectivity index (χ1) is 19.7. The number of tetrazole rings is 1. The lowest BCUT2D eigenvalue weighted by molar-refractivity contribution is -0.137. The Hall–Kier alpha value is -4.45. The van der Waals surface area contributed by atoms with Crippen LogP contribution in [0.1, 0.15) is 48.1 Å². The van der Waals surface area contributed by atoms with Crippen LogP contribution in [0.5, 0.6) is 0 Å². The maximum absolute atomic E-state index is 13.8. The number of rotatable bonds is 8. The molecule has 0 bridgehead atoms. The molecule has 0 atom stereocenters. The van der Waals surface area contributed by atoms with Gasteiger partial charge in [0.15, 0.2) is 5.82 Å². The van der Waals surface area contributed by atoms with Crippen LogP contribution in [0.2, 0.25) is 5.02 Å². The SMILES string of the molecule is CCCCc1nc(C)n(-c2ncc(C(F)(F)F)cc2Cl)c(=O)c1Cc1ccc(-c2ccccc2-c2nn[nH]n2)cn1. The van der Waals surface area contributed by atoms with Crippen molar-refractivity contribution in [3.05, 3.63) is 98.6 Å². The number of unbranched alkanes of at least 4 members (excludes halogenated alkanes) is 1. The Morgan fingerprint density at radius 2 is 1.83 bits per heavy atom. The fourth-order valence-corrected chi connectivity index (χ4v) is 4.77. The molecule has 9 nitrogen and oxygen atoms in total. The first-order valence-corrected chi connectivity index (χ1v) is 13.2. The van der Waals surface area contributed by atoms with E-state index in [-0.39, 0.29) is 23.1 Å². The molecule has 5 aromatic rings. The Balaban J connectivity index is 1.53. The number of nitrogens with one attached hydrogen (secondary N) is 1. The van der Waals surface area contributed by atoms with Gasteiger partial charge in [0.25, 0.3) is 5.56 Å². The molecule has 0 aliphatic heterocycles. The van der Waals surface area contributed by atoms with Crippen LogP contribution in [-0.2, 0) is 19.0 Å². The van der Waals surface area contributed by atoms with E-state index in [0.717, 1.165) is 40.2 Å². The number of aromatic amines is 1. The number of benzene rings is 1. The molecule has 1 aromatic carbocycles. The summed E-state index contributed by atoms with van der Waals surface area (Å²) in [5.74, 6) is 0.617. The van der Waals surface area contributed by atoms with Crippen LogP contribution in [0.25, 0.3) is 28.3 Å². The van der Waals surface area contributed by atoms with E-state index < -0.39 is 17.3 Å². The number of alkyl halides is 3. The minimum absolute atomic E-state index is 0.112. The number of aryl methyl sites for hydroxylation is 2. The van der Waals surface area contributed by atoms with E-state index in [1.165, 1.54) is 0 Å². The Morgan fingerprint density at radius 3 is 2.46 bits per heavy atom. The van der Waals surface area contributed by atoms with Crippen molar-refractivity contribution in [1.29, 1.82) is 0 Å². The third-order valence-corrected chi connectivity index (χ3v) is 6.84. The van der Waals surface area contributed by atoms with Crippen LogP contribution in [0.15, 0.2) is 59.7 Å². The minimum atomic E-state index is -4.62. The summed E-state index contributed by atoms with van der Waals surface area (Å²) >= 11 is 6.20. The number of aromatic nitrogens is 8. The second-order valence-corrected chi connectivity index (χ2v) is 9.76. The zero-order chi connectivity index (χ0) is 29.1. The second kappa shape index (κ2) is 11.6. The molecule has 1 N–H and O–H groups in total. The predicted octanol–water partition coefficient (Wildman–Crippen LogP) is 5.78. The molecule has 13 heteroatoms. The maximum atomic E-state index is 13.8. The standard InChI is InChI=1S/C28H24ClF3N8O/c1-3-4-9-24-22(27(41)40(16(2)35-24)26-23(29)12-18(15-34-26)28(30,31)32)13-19-11-10-17(14-33-19)20-7-5-6-8-21(20)25-36-38-39-37-25/h5-8,10-12,14-15H,3-4,9,13H2,1-2H3,(H,36,37,38,39). The van der Waals surface area contributed by atoms with Crippen LogP contribution < -0.4 is 5.56 Å². The van der Waals surface area contributed by atoms with E-state index in [9.17, 15) is 18.0 Å². The molecule has 0 amide bonds. The molecule has 0 spiro atoms. The monoisotopic (exact) mass is 580 g/mol. The summed E-state index contributed by atoms with van der Waals surface area (Å²) in [5.41, 5.74) is 2.62. The van der Waals surface area contributed by atoms with Gasteiger partial charge in [-0.05, 0) is 42.7 Å². The summed E-state index contributed by atoms with van der Waals surface area (Å²) in [4.78, 5) is 27.0. The Bertz CT molecular complexity index is 1740. The molecule has 4 aromatic heterocycles. The average Bonchev–Trinajstić information content (AvgIpc) is 3.49. The van der Waals surface area contributed by atoms with Crippen molar-refractivity contribution in [3.8, 4) is 28.3 Å². The van der Waals surface area contributed by atoms with E-state index in [1.807, 2.05) is 43.3 Å². The van der Waals surface area contributed by atoms with Crippen molar-refractivity contribution in [2.24, 2.45) is 0 Å². The molecule has 0 saturated heterocycles. The molecule has 0 saturated carbocycles. The molecular weight excluding hydrogens is 557 g/mol. The summed E-state index contributed by atoms with van der Waals surface area (Å²) in [6.45, 7) is 3.64. The van der Waals surface area contributed by atoms with Crippen molar-refractivity contribution < 1.29 is 13.2 Å². The first kappa shape index (κ1) is 28.1. The zero-order valence-electron chi connectivity index (χ0n) is 22.1. The van der Waals surface area contributed by atoms with Crippen molar-refractivity contribution >= 4 is 11.6 Å². The average molecular weight is 581 g/mol. The van der Waals surface area contributed by atoms with Gasteiger partial charge in [0.1, 0.15) is 5.82 Å². The Labute approximate surface area is 237 Å². The van der Waals surface area contributed by atoms with E-state index in [1.54, 1.807) is 13.1 Å².